The van der Waals surface area contributed by atoms with Crippen molar-refractivity contribution in [2.24, 2.45) is 0 Å². The molecule has 8 heteroatoms. The number of carbonyl (C=O) groups excluding carboxylic acids is 1. The number of sulfone groups is 1. The van der Waals surface area contributed by atoms with Crippen molar-refractivity contribution in [2.75, 3.05) is 6.26 Å². The van der Waals surface area contributed by atoms with E-state index in [4.69, 9.17) is 21.4 Å². The Balaban J connectivity index is 3.62. The van der Waals surface area contributed by atoms with E-state index in [0.717, 1.165) is 18.4 Å². The molecule has 20 heavy (non-hydrogen) atoms. The lowest BCUT2D eigenvalue weighted by Gasteiger charge is -2.13. The summed E-state index contributed by atoms with van der Waals surface area (Å²) in [5, 5.41) is 8.51. The number of ether oxygens (including phenoxy) is 1. The normalized spacial score (nSPS) is 11.4. The number of hydrogen-bond donors (Lipinski definition) is 1. The zero-order chi connectivity index (χ0) is 15.7. The maximum absolute atomic E-state index is 12.0. The van der Waals surface area contributed by atoms with Crippen molar-refractivity contribution in [1.29, 1.82) is 0 Å². The summed E-state index contributed by atoms with van der Waals surface area (Å²) in [6.45, 7) is 3.15. The summed E-state index contributed by atoms with van der Waals surface area (Å²) in [6, 6.07) is 2.06. The van der Waals surface area contributed by atoms with Gasteiger partial charge in [0.1, 0.15) is 0 Å². The maximum Gasteiger partial charge on any atom is 0.341 e. The molecular formula is C12H13ClO6S. The predicted octanol–water partition coefficient (Wildman–Crippen LogP) is 2.01. The van der Waals surface area contributed by atoms with E-state index in [9.17, 15) is 18.0 Å². The molecule has 1 rings (SSSR count). The average molecular weight is 321 g/mol. The summed E-state index contributed by atoms with van der Waals surface area (Å²) < 4.78 is 28.2. The van der Waals surface area contributed by atoms with Gasteiger partial charge >= 0.3 is 11.9 Å². The molecule has 6 nitrogen and oxygen atoms in total. The van der Waals surface area contributed by atoms with Gasteiger partial charge < -0.3 is 9.84 Å². The van der Waals surface area contributed by atoms with Crippen LogP contribution in [0.3, 0.4) is 0 Å². The first kappa shape index (κ1) is 16.5. The first-order valence-electron chi connectivity index (χ1n) is 5.52. The fourth-order valence-corrected chi connectivity index (χ4v) is 2.75. The zero-order valence-electron chi connectivity index (χ0n) is 11.0. The standard InChI is InChI=1S/C12H13ClO6S/c1-6(2)19-12(16)9-8(20(3,17)18)5-4-7(10(9)13)11(14)15/h4-6H,1-3H3,(H,14,15). The molecule has 110 valence electrons. The van der Waals surface area contributed by atoms with E-state index in [1.165, 1.54) is 0 Å². The summed E-state index contributed by atoms with van der Waals surface area (Å²) in [5.74, 6) is -2.35. The van der Waals surface area contributed by atoms with Gasteiger partial charge in [-0.1, -0.05) is 11.6 Å². The second-order valence-electron chi connectivity index (χ2n) is 4.33. The highest BCUT2D eigenvalue weighted by atomic mass is 35.5. The molecule has 0 aliphatic carbocycles. The number of carbonyl (C=O) groups is 2. The highest BCUT2D eigenvalue weighted by Gasteiger charge is 2.27. The number of benzene rings is 1. The third kappa shape index (κ3) is 3.49. The van der Waals surface area contributed by atoms with Gasteiger partial charge in [-0.25, -0.2) is 18.0 Å². The largest absolute Gasteiger partial charge is 0.478 e. The van der Waals surface area contributed by atoms with Crippen LogP contribution in [-0.4, -0.2) is 37.8 Å². The lowest BCUT2D eigenvalue weighted by molar-refractivity contribution is 0.0373. The number of aromatic carboxylic acids is 1. The van der Waals surface area contributed by atoms with Crippen molar-refractivity contribution in [2.45, 2.75) is 24.8 Å². The molecule has 0 aromatic heterocycles. The quantitative estimate of drug-likeness (QED) is 0.852. The second-order valence-corrected chi connectivity index (χ2v) is 6.69. The molecule has 0 fully saturated rings. The topological polar surface area (TPSA) is 97.7 Å². The van der Waals surface area contributed by atoms with Gasteiger partial charge in [-0.2, -0.15) is 0 Å². The molecular weight excluding hydrogens is 308 g/mol. The Morgan fingerprint density at radius 2 is 1.85 bits per heavy atom. The fourth-order valence-electron chi connectivity index (χ4n) is 1.50. The van der Waals surface area contributed by atoms with Crippen molar-refractivity contribution in [3.63, 3.8) is 0 Å². The third-order valence-electron chi connectivity index (χ3n) is 2.28. The molecule has 1 aromatic carbocycles. The van der Waals surface area contributed by atoms with Crippen molar-refractivity contribution < 1.29 is 27.9 Å². The van der Waals surface area contributed by atoms with E-state index >= 15 is 0 Å². The number of carboxylic acid groups (broad SMARTS) is 1. The number of rotatable bonds is 4. The minimum atomic E-state index is -3.76. The third-order valence-corrected chi connectivity index (χ3v) is 3.81. The molecule has 0 aliphatic heterocycles. The summed E-state index contributed by atoms with van der Waals surface area (Å²) in [6.07, 6.45) is 0.394. The van der Waals surface area contributed by atoms with Gasteiger partial charge in [0.25, 0.3) is 0 Å². The second kappa shape index (κ2) is 5.80. The Morgan fingerprint density at radius 3 is 2.25 bits per heavy atom. The van der Waals surface area contributed by atoms with E-state index in [1.54, 1.807) is 13.8 Å². The van der Waals surface area contributed by atoms with Crippen LogP contribution in [0.25, 0.3) is 0 Å². The Bertz CT molecular complexity index is 663. The summed E-state index contributed by atoms with van der Waals surface area (Å²) in [4.78, 5) is 22.6. The molecule has 0 atom stereocenters. The Morgan fingerprint density at radius 1 is 1.30 bits per heavy atom. The molecule has 0 unspecified atom stereocenters. The first-order valence-corrected chi connectivity index (χ1v) is 7.79. The van der Waals surface area contributed by atoms with Crippen LogP contribution in [0.5, 0.6) is 0 Å². The minimum absolute atomic E-state index is 0.363. The van der Waals surface area contributed by atoms with Gasteiger partial charge in [0.2, 0.25) is 0 Å². The van der Waals surface area contributed by atoms with Crippen LogP contribution in [-0.2, 0) is 14.6 Å². The summed E-state index contributed by atoms with van der Waals surface area (Å²) in [5.41, 5.74) is -0.822. The molecule has 1 aromatic rings. The van der Waals surface area contributed by atoms with E-state index < -0.39 is 38.5 Å². The predicted molar refractivity (Wildman–Crippen MR) is 72.1 cm³/mol. The van der Waals surface area contributed by atoms with Gasteiger partial charge in [-0.05, 0) is 26.0 Å². The average Bonchev–Trinajstić information content (AvgIpc) is 2.25. The lowest BCUT2D eigenvalue weighted by atomic mass is 10.1. The van der Waals surface area contributed by atoms with Crippen LogP contribution >= 0.6 is 11.6 Å². The van der Waals surface area contributed by atoms with E-state index in [-0.39, 0.29) is 10.5 Å². The van der Waals surface area contributed by atoms with Crippen LogP contribution in [0.4, 0.5) is 0 Å². The van der Waals surface area contributed by atoms with Crippen LogP contribution in [0.2, 0.25) is 5.02 Å². The van der Waals surface area contributed by atoms with Gasteiger partial charge in [0, 0.05) is 6.26 Å². The van der Waals surface area contributed by atoms with Crippen molar-refractivity contribution in [3.8, 4) is 0 Å². The number of halogens is 1. The molecule has 0 aliphatic rings. The summed E-state index contributed by atoms with van der Waals surface area (Å²) in [7, 11) is -3.76. The van der Waals surface area contributed by atoms with E-state index in [0.29, 0.717) is 0 Å². The molecule has 1 N–H and O–H groups in total. The number of hydrogen-bond acceptors (Lipinski definition) is 5. The fraction of sp³-hybridized carbons (Fsp3) is 0.333. The van der Waals surface area contributed by atoms with Crippen molar-refractivity contribution >= 4 is 33.4 Å². The highest BCUT2D eigenvalue weighted by molar-refractivity contribution is 7.90. The smallest absolute Gasteiger partial charge is 0.341 e. The van der Waals surface area contributed by atoms with Gasteiger partial charge in [-0.3, -0.25) is 0 Å². The first-order chi connectivity index (χ1) is 9.05. The Kier molecular flexibility index (Phi) is 4.77. The van der Waals surface area contributed by atoms with Crippen LogP contribution < -0.4 is 0 Å². The number of carboxylic acids is 1. The van der Waals surface area contributed by atoms with Crippen LogP contribution in [0.15, 0.2) is 17.0 Å². The van der Waals surface area contributed by atoms with Crippen molar-refractivity contribution in [3.05, 3.63) is 28.3 Å². The zero-order valence-corrected chi connectivity index (χ0v) is 12.6. The van der Waals surface area contributed by atoms with E-state index in [1.807, 2.05) is 0 Å². The SMILES string of the molecule is CC(C)OC(=O)c1c(S(C)(=O)=O)ccc(C(=O)O)c1Cl. The molecule has 0 radical (unpaired) electrons. The minimum Gasteiger partial charge on any atom is -0.478 e. The molecule has 0 saturated carbocycles. The van der Waals surface area contributed by atoms with Crippen LogP contribution in [0.1, 0.15) is 34.6 Å². The summed E-state index contributed by atoms with van der Waals surface area (Å²) >= 11 is 5.85. The molecule has 0 amide bonds. The molecule has 0 saturated heterocycles. The van der Waals surface area contributed by atoms with E-state index in [2.05, 4.69) is 0 Å². The molecule has 0 spiro atoms. The number of esters is 1. The molecule has 0 bridgehead atoms. The van der Waals surface area contributed by atoms with Gasteiger partial charge in [0.05, 0.1) is 27.1 Å². The maximum atomic E-state index is 12.0. The highest BCUT2D eigenvalue weighted by Crippen LogP contribution is 2.29. The van der Waals surface area contributed by atoms with Crippen LogP contribution in [0, 0.1) is 0 Å². The lowest BCUT2D eigenvalue weighted by Crippen LogP contribution is -2.17. The van der Waals surface area contributed by atoms with Crippen molar-refractivity contribution in [1.82, 2.24) is 0 Å². The van der Waals surface area contributed by atoms with Gasteiger partial charge in [-0.15, -0.1) is 0 Å². The Hall–Kier alpha value is -1.60. The van der Waals surface area contributed by atoms with Gasteiger partial charge in [0.15, 0.2) is 9.84 Å². The monoisotopic (exact) mass is 320 g/mol. The Labute approximate surface area is 121 Å². The molecule has 0 heterocycles.